The van der Waals surface area contributed by atoms with Gasteiger partial charge in [0.05, 0.1) is 5.69 Å². The Hall–Kier alpha value is -3.94. The molecule has 140 valence electrons. The average Bonchev–Trinajstić information content (AvgIpc) is 3.19. The molecule has 0 spiro atoms. The number of nitrogens with one attached hydrogen (secondary N) is 2. The quantitative estimate of drug-likeness (QED) is 0.725. The van der Waals surface area contributed by atoms with Gasteiger partial charge >= 0.3 is 0 Å². The highest BCUT2D eigenvalue weighted by molar-refractivity contribution is 6.06. The minimum atomic E-state index is -0.634. The Balaban J connectivity index is 1.50. The van der Waals surface area contributed by atoms with E-state index < -0.39 is 17.6 Å². The fraction of sp³-hybridized carbons (Fsp3) is 0.0500. The molecule has 3 aromatic rings. The van der Waals surface area contributed by atoms with E-state index in [2.05, 4.69) is 15.6 Å². The first kappa shape index (κ1) is 17.5. The van der Waals surface area contributed by atoms with Crippen LogP contribution in [0.4, 0.5) is 15.8 Å². The second-order valence-electron chi connectivity index (χ2n) is 5.89. The van der Waals surface area contributed by atoms with Gasteiger partial charge in [0, 0.05) is 17.4 Å². The fourth-order valence-electron chi connectivity index (χ4n) is 2.62. The number of aromatic nitrogens is 1. The lowest BCUT2D eigenvalue weighted by molar-refractivity contribution is 0.101. The monoisotopic (exact) mass is 379 g/mol. The summed E-state index contributed by atoms with van der Waals surface area (Å²) >= 11 is 0. The smallest absolute Gasteiger partial charge is 0.274 e. The van der Waals surface area contributed by atoms with Gasteiger partial charge in [-0.3, -0.25) is 14.6 Å². The molecule has 28 heavy (non-hydrogen) atoms. The molecule has 0 radical (unpaired) electrons. The van der Waals surface area contributed by atoms with E-state index in [1.165, 1.54) is 24.4 Å². The van der Waals surface area contributed by atoms with Crippen LogP contribution in [-0.2, 0) is 0 Å². The Morgan fingerprint density at radius 2 is 1.79 bits per heavy atom. The molecule has 1 aromatic heterocycles. The summed E-state index contributed by atoms with van der Waals surface area (Å²) in [6, 6.07) is 13.5. The molecule has 0 atom stereocenters. The largest absolute Gasteiger partial charge is 0.454 e. The number of pyridine rings is 1. The number of amides is 2. The number of hydrogen-bond acceptors (Lipinski definition) is 5. The molecule has 2 aromatic carbocycles. The Kier molecular flexibility index (Phi) is 4.59. The van der Waals surface area contributed by atoms with Crippen LogP contribution in [0.15, 0.2) is 60.8 Å². The summed E-state index contributed by atoms with van der Waals surface area (Å²) in [7, 11) is 0. The molecule has 0 bridgehead atoms. The lowest BCUT2D eigenvalue weighted by Crippen LogP contribution is -2.15. The maximum Gasteiger partial charge on any atom is 0.274 e. The van der Waals surface area contributed by atoms with Crippen LogP contribution in [0.25, 0.3) is 0 Å². The van der Waals surface area contributed by atoms with Crippen LogP contribution < -0.4 is 20.1 Å². The summed E-state index contributed by atoms with van der Waals surface area (Å²) < 4.78 is 24.5. The summed E-state index contributed by atoms with van der Waals surface area (Å²) in [5, 5.41) is 5.11. The van der Waals surface area contributed by atoms with Crippen molar-refractivity contribution in [1.29, 1.82) is 0 Å². The van der Waals surface area contributed by atoms with Crippen molar-refractivity contribution in [2.24, 2.45) is 0 Å². The summed E-state index contributed by atoms with van der Waals surface area (Å²) in [5.41, 5.74) is 0.754. The molecule has 4 rings (SSSR count). The summed E-state index contributed by atoms with van der Waals surface area (Å²) in [6.07, 6.45) is 1.47. The van der Waals surface area contributed by atoms with Gasteiger partial charge in [0.15, 0.2) is 11.5 Å². The van der Waals surface area contributed by atoms with Crippen molar-refractivity contribution < 1.29 is 23.5 Å². The minimum Gasteiger partial charge on any atom is -0.454 e. The van der Waals surface area contributed by atoms with Gasteiger partial charge in [-0.1, -0.05) is 6.07 Å². The number of halogens is 1. The van der Waals surface area contributed by atoms with Gasteiger partial charge in [-0.15, -0.1) is 0 Å². The van der Waals surface area contributed by atoms with Crippen LogP contribution in [0.3, 0.4) is 0 Å². The Morgan fingerprint density at radius 1 is 0.929 bits per heavy atom. The Labute approximate surface area is 159 Å². The van der Waals surface area contributed by atoms with E-state index in [4.69, 9.17) is 9.47 Å². The molecule has 7 nitrogen and oxygen atoms in total. The van der Waals surface area contributed by atoms with Crippen LogP contribution in [0.2, 0.25) is 0 Å². The van der Waals surface area contributed by atoms with Gasteiger partial charge < -0.3 is 20.1 Å². The second kappa shape index (κ2) is 7.36. The number of nitrogens with zero attached hydrogens (tertiary/aromatic N) is 1. The van der Waals surface area contributed by atoms with E-state index in [-0.39, 0.29) is 18.2 Å². The normalized spacial score (nSPS) is 11.8. The Bertz CT molecular complexity index is 1060. The van der Waals surface area contributed by atoms with E-state index in [9.17, 15) is 14.0 Å². The van der Waals surface area contributed by atoms with Crippen molar-refractivity contribution in [2.45, 2.75) is 0 Å². The predicted molar refractivity (Wildman–Crippen MR) is 99.1 cm³/mol. The molecule has 2 heterocycles. The zero-order valence-corrected chi connectivity index (χ0v) is 14.4. The summed E-state index contributed by atoms with van der Waals surface area (Å²) in [5.74, 6) is -0.552. The van der Waals surface area contributed by atoms with Gasteiger partial charge in [-0.2, -0.15) is 0 Å². The van der Waals surface area contributed by atoms with Crippen molar-refractivity contribution in [3.63, 3.8) is 0 Å². The van der Waals surface area contributed by atoms with E-state index in [1.54, 1.807) is 30.3 Å². The third-order valence-electron chi connectivity index (χ3n) is 4.00. The third kappa shape index (κ3) is 3.61. The maximum atomic E-state index is 14.1. The summed E-state index contributed by atoms with van der Waals surface area (Å²) in [6.45, 7) is 0.109. The summed E-state index contributed by atoms with van der Waals surface area (Å²) in [4.78, 5) is 28.5. The van der Waals surface area contributed by atoms with Crippen LogP contribution in [0.1, 0.15) is 20.8 Å². The molecule has 2 N–H and O–H groups in total. The van der Waals surface area contributed by atoms with Crippen LogP contribution in [0, 0.1) is 5.82 Å². The third-order valence-corrected chi connectivity index (χ3v) is 4.00. The number of rotatable bonds is 4. The standard InChI is InChI=1S/C20H14FN3O4/c21-14-6-5-13(10-16(14)24-20(26)15-3-1-2-8-22-15)23-19(25)12-4-7-17-18(9-12)28-11-27-17/h1-10H,11H2,(H,23,25)(H,24,26). The molecule has 1 aliphatic rings. The molecule has 2 amide bonds. The highest BCUT2D eigenvalue weighted by atomic mass is 19.1. The predicted octanol–water partition coefficient (Wildman–Crippen LogP) is 3.45. The fourth-order valence-corrected chi connectivity index (χ4v) is 2.62. The molecule has 0 fully saturated rings. The molecule has 8 heteroatoms. The first-order chi connectivity index (χ1) is 13.6. The Morgan fingerprint density at radius 3 is 2.61 bits per heavy atom. The first-order valence-corrected chi connectivity index (χ1v) is 8.33. The van der Waals surface area contributed by atoms with Crippen molar-refractivity contribution >= 4 is 23.2 Å². The molecule has 0 saturated carbocycles. The molecule has 1 aliphatic heterocycles. The van der Waals surface area contributed by atoms with Crippen LogP contribution in [0.5, 0.6) is 11.5 Å². The number of fused-ring (bicyclic) bond motifs is 1. The molecule has 0 aliphatic carbocycles. The van der Waals surface area contributed by atoms with E-state index in [0.717, 1.165) is 6.07 Å². The SMILES string of the molecule is O=C(Nc1ccc(F)c(NC(=O)c2ccccn2)c1)c1ccc2c(c1)OCO2. The van der Waals surface area contributed by atoms with Crippen molar-refractivity contribution in [1.82, 2.24) is 4.98 Å². The van der Waals surface area contributed by atoms with Crippen molar-refractivity contribution in [3.8, 4) is 11.5 Å². The first-order valence-electron chi connectivity index (χ1n) is 8.33. The molecular formula is C20H14FN3O4. The lowest BCUT2D eigenvalue weighted by atomic mass is 10.1. The average molecular weight is 379 g/mol. The van der Waals surface area contributed by atoms with E-state index >= 15 is 0 Å². The number of benzene rings is 2. The molecular weight excluding hydrogens is 365 g/mol. The molecule has 0 unspecified atom stereocenters. The number of ether oxygens (including phenoxy) is 2. The number of anilines is 2. The van der Waals surface area contributed by atoms with Crippen molar-refractivity contribution in [2.75, 3.05) is 17.4 Å². The van der Waals surface area contributed by atoms with Gasteiger partial charge in [0.25, 0.3) is 11.8 Å². The highest BCUT2D eigenvalue weighted by Gasteiger charge is 2.17. The van der Waals surface area contributed by atoms with Crippen molar-refractivity contribution in [3.05, 3.63) is 77.9 Å². The zero-order valence-electron chi connectivity index (χ0n) is 14.4. The number of carbonyl (C=O) groups excluding carboxylic acids is 2. The van der Waals surface area contributed by atoms with Crippen LogP contribution in [-0.4, -0.2) is 23.6 Å². The maximum absolute atomic E-state index is 14.1. The topological polar surface area (TPSA) is 89.6 Å². The highest BCUT2D eigenvalue weighted by Crippen LogP contribution is 2.32. The van der Waals surface area contributed by atoms with Gasteiger partial charge in [-0.25, -0.2) is 4.39 Å². The van der Waals surface area contributed by atoms with Gasteiger partial charge in [0.1, 0.15) is 11.5 Å². The number of carbonyl (C=O) groups is 2. The van der Waals surface area contributed by atoms with Crippen LogP contribution >= 0.6 is 0 Å². The zero-order chi connectivity index (χ0) is 19.5. The second-order valence-corrected chi connectivity index (χ2v) is 5.89. The lowest BCUT2D eigenvalue weighted by Gasteiger charge is -2.10. The van der Waals surface area contributed by atoms with E-state index in [0.29, 0.717) is 22.7 Å². The number of hydrogen-bond donors (Lipinski definition) is 2. The minimum absolute atomic E-state index is 0.0702. The van der Waals surface area contributed by atoms with Gasteiger partial charge in [-0.05, 0) is 48.5 Å². The van der Waals surface area contributed by atoms with Gasteiger partial charge in [0.2, 0.25) is 6.79 Å². The molecule has 0 saturated heterocycles. The van der Waals surface area contributed by atoms with E-state index in [1.807, 2.05) is 0 Å².